The molecule has 13 heavy (non-hydrogen) atoms. The van der Waals surface area contributed by atoms with E-state index in [9.17, 15) is 0 Å². The van der Waals surface area contributed by atoms with Crippen molar-refractivity contribution in [3.63, 3.8) is 0 Å². The Morgan fingerprint density at radius 1 is 1.38 bits per heavy atom. The van der Waals surface area contributed by atoms with Crippen molar-refractivity contribution in [1.82, 2.24) is 9.97 Å². The molecule has 0 fully saturated rings. The number of rotatable bonds is 2. The molecule has 0 radical (unpaired) electrons. The Balaban J connectivity index is 2.33. The quantitative estimate of drug-likeness (QED) is 0.829. The van der Waals surface area contributed by atoms with Gasteiger partial charge in [-0.1, -0.05) is 0 Å². The van der Waals surface area contributed by atoms with Gasteiger partial charge in [0.05, 0.1) is 0 Å². The molecule has 2 N–H and O–H groups in total. The van der Waals surface area contributed by atoms with E-state index in [4.69, 9.17) is 5.73 Å². The average molecular weight is 211 g/mol. The maximum atomic E-state index is 5.73. The summed E-state index contributed by atoms with van der Waals surface area (Å²) in [7, 11) is 0. The van der Waals surface area contributed by atoms with Crippen LogP contribution >= 0.6 is 22.7 Å². The minimum atomic E-state index is 0.0613. The first-order valence-corrected chi connectivity index (χ1v) is 5.58. The molecule has 1 atom stereocenters. The molecule has 0 saturated carbocycles. The standard InChI is InChI=1S/C8H9N3S2/c1-5(9)6-4-11-8(13-6)7-10-2-3-12-7/h2-5H,9H2,1H3. The third-order valence-electron chi connectivity index (χ3n) is 1.59. The van der Waals surface area contributed by atoms with Crippen LogP contribution in [0.25, 0.3) is 10.0 Å². The van der Waals surface area contributed by atoms with E-state index in [2.05, 4.69) is 9.97 Å². The van der Waals surface area contributed by atoms with E-state index in [1.54, 1.807) is 28.9 Å². The lowest BCUT2D eigenvalue weighted by Crippen LogP contribution is -2.01. The van der Waals surface area contributed by atoms with Crippen LogP contribution in [0.4, 0.5) is 0 Å². The van der Waals surface area contributed by atoms with Crippen molar-refractivity contribution in [2.45, 2.75) is 13.0 Å². The lowest BCUT2D eigenvalue weighted by molar-refractivity contribution is 0.835. The molecule has 5 heteroatoms. The van der Waals surface area contributed by atoms with Crippen molar-refractivity contribution < 1.29 is 0 Å². The van der Waals surface area contributed by atoms with Gasteiger partial charge >= 0.3 is 0 Å². The van der Waals surface area contributed by atoms with Crippen LogP contribution in [0.5, 0.6) is 0 Å². The van der Waals surface area contributed by atoms with E-state index < -0.39 is 0 Å². The molecule has 1 unspecified atom stereocenters. The van der Waals surface area contributed by atoms with Gasteiger partial charge in [-0.25, -0.2) is 9.97 Å². The van der Waals surface area contributed by atoms with E-state index >= 15 is 0 Å². The van der Waals surface area contributed by atoms with Crippen molar-refractivity contribution in [3.05, 3.63) is 22.7 Å². The highest BCUT2D eigenvalue weighted by Gasteiger charge is 2.08. The number of hydrogen-bond donors (Lipinski definition) is 1. The summed E-state index contributed by atoms with van der Waals surface area (Å²) < 4.78 is 0. The fraction of sp³-hybridized carbons (Fsp3) is 0.250. The maximum absolute atomic E-state index is 5.73. The molecule has 0 saturated heterocycles. The van der Waals surface area contributed by atoms with Crippen LogP contribution < -0.4 is 5.73 Å². The summed E-state index contributed by atoms with van der Waals surface area (Å²) in [6.45, 7) is 1.96. The SMILES string of the molecule is CC(N)c1cnc(-c2nccs2)s1. The molecule has 0 aromatic carbocycles. The molecule has 0 aliphatic carbocycles. The normalized spacial score (nSPS) is 13.1. The summed E-state index contributed by atoms with van der Waals surface area (Å²) in [5.41, 5.74) is 5.73. The van der Waals surface area contributed by atoms with Crippen molar-refractivity contribution in [3.8, 4) is 10.0 Å². The molecule has 3 nitrogen and oxygen atoms in total. The van der Waals surface area contributed by atoms with E-state index in [0.29, 0.717) is 0 Å². The van der Waals surface area contributed by atoms with Gasteiger partial charge in [-0.05, 0) is 6.92 Å². The number of nitrogens with zero attached hydrogens (tertiary/aromatic N) is 2. The lowest BCUT2D eigenvalue weighted by Gasteiger charge is -1.96. The van der Waals surface area contributed by atoms with E-state index in [-0.39, 0.29) is 6.04 Å². The summed E-state index contributed by atoms with van der Waals surface area (Å²) in [6, 6.07) is 0.0613. The minimum absolute atomic E-state index is 0.0613. The highest BCUT2D eigenvalue weighted by atomic mass is 32.1. The topological polar surface area (TPSA) is 51.8 Å². The highest BCUT2D eigenvalue weighted by Crippen LogP contribution is 2.28. The van der Waals surface area contributed by atoms with Crippen LogP contribution in [-0.2, 0) is 0 Å². The van der Waals surface area contributed by atoms with Crippen molar-refractivity contribution in [1.29, 1.82) is 0 Å². The molecule has 2 aromatic heterocycles. The summed E-state index contributed by atoms with van der Waals surface area (Å²) in [5, 5.41) is 3.88. The van der Waals surface area contributed by atoms with Gasteiger partial charge in [-0.2, -0.15) is 0 Å². The van der Waals surface area contributed by atoms with E-state index in [1.165, 1.54) is 0 Å². The van der Waals surface area contributed by atoms with Crippen molar-refractivity contribution in [2.24, 2.45) is 5.73 Å². The van der Waals surface area contributed by atoms with Gasteiger partial charge in [-0.3, -0.25) is 0 Å². The van der Waals surface area contributed by atoms with Gasteiger partial charge in [-0.15, -0.1) is 22.7 Å². The van der Waals surface area contributed by atoms with Crippen molar-refractivity contribution in [2.75, 3.05) is 0 Å². The smallest absolute Gasteiger partial charge is 0.152 e. The second kappa shape index (κ2) is 3.53. The molecule has 0 aliphatic heterocycles. The Morgan fingerprint density at radius 3 is 2.77 bits per heavy atom. The van der Waals surface area contributed by atoms with Gasteiger partial charge in [0.25, 0.3) is 0 Å². The van der Waals surface area contributed by atoms with Crippen LogP contribution in [0.3, 0.4) is 0 Å². The fourth-order valence-corrected chi connectivity index (χ4v) is 2.48. The Kier molecular flexibility index (Phi) is 2.39. The number of aromatic nitrogens is 2. The zero-order valence-electron chi connectivity index (χ0n) is 7.10. The molecule has 2 rings (SSSR count). The minimum Gasteiger partial charge on any atom is -0.323 e. The molecule has 0 aliphatic rings. The maximum Gasteiger partial charge on any atom is 0.152 e. The molecule has 0 amide bonds. The molecular formula is C8H9N3S2. The van der Waals surface area contributed by atoms with Gasteiger partial charge in [0.1, 0.15) is 0 Å². The summed E-state index contributed by atoms with van der Waals surface area (Å²) >= 11 is 3.21. The Labute approximate surface area is 84.3 Å². The van der Waals surface area contributed by atoms with Gasteiger partial charge in [0.2, 0.25) is 0 Å². The zero-order valence-corrected chi connectivity index (χ0v) is 8.73. The predicted molar refractivity (Wildman–Crippen MR) is 55.8 cm³/mol. The van der Waals surface area contributed by atoms with Crippen molar-refractivity contribution >= 4 is 22.7 Å². The molecule has 2 aromatic rings. The summed E-state index contributed by atoms with van der Waals surface area (Å²) in [5.74, 6) is 0. The predicted octanol–water partition coefficient (Wildman–Crippen LogP) is 2.29. The fourth-order valence-electron chi connectivity index (χ4n) is 0.925. The van der Waals surface area contributed by atoms with E-state index in [0.717, 1.165) is 14.9 Å². The molecule has 68 valence electrons. The average Bonchev–Trinajstić information content (AvgIpc) is 2.75. The Hall–Kier alpha value is -0.780. The molecule has 0 spiro atoms. The molecular weight excluding hydrogens is 202 g/mol. The first-order valence-electron chi connectivity index (χ1n) is 3.88. The first-order chi connectivity index (χ1) is 6.27. The zero-order chi connectivity index (χ0) is 9.26. The van der Waals surface area contributed by atoms with Gasteiger partial charge in [0.15, 0.2) is 10.0 Å². The van der Waals surface area contributed by atoms with Crippen LogP contribution in [0.2, 0.25) is 0 Å². The molecule has 0 bridgehead atoms. The lowest BCUT2D eigenvalue weighted by atomic mass is 10.3. The highest BCUT2D eigenvalue weighted by molar-refractivity contribution is 7.20. The Morgan fingerprint density at radius 2 is 2.23 bits per heavy atom. The van der Waals surface area contributed by atoms with Gasteiger partial charge < -0.3 is 5.73 Å². The second-order valence-corrected chi connectivity index (χ2v) is 4.65. The van der Waals surface area contributed by atoms with Crippen LogP contribution in [0.15, 0.2) is 17.8 Å². The van der Waals surface area contributed by atoms with Crippen LogP contribution in [-0.4, -0.2) is 9.97 Å². The third-order valence-corrected chi connectivity index (χ3v) is 3.70. The second-order valence-electron chi connectivity index (χ2n) is 2.69. The van der Waals surface area contributed by atoms with Gasteiger partial charge in [0, 0.05) is 28.7 Å². The Bertz CT molecular complexity index is 378. The summed E-state index contributed by atoms with van der Waals surface area (Å²) in [4.78, 5) is 9.55. The largest absolute Gasteiger partial charge is 0.323 e. The number of nitrogens with two attached hydrogens (primary N) is 1. The number of hydrogen-bond acceptors (Lipinski definition) is 5. The number of thiazole rings is 2. The third kappa shape index (κ3) is 1.77. The first kappa shape index (κ1) is 8.80. The van der Waals surface area contributed by atoms with E-state index in [1.807, 2.05) is 18.5 Å². The molecule has 2 heterocycles. The van der Waals surface area contributed by atoms with Crippen LogP contribution in [0, 0.1) is 0 Å². The summed E-state index contributed by atoms with van der Waals surface area (Å²) in [6.07, 6.45) is 3.61. The monoisotopic (exact) mass is 211 g/mol. The van der Waals surface area contributed by atoms with Crippen LogP contribution in [0.1, 0.15) is 17.8 Å².